The molecule has 3 rings (SSSR count). The minimum atomic E-state index is -0.0430. The summed E-state index contributed by atoms with van der Waals surface area (Å²) in [7, 11) is 0. The number of tetrazole rings is 1. The van der Waals surface area contributed by atoms with Gasteiger partial charge in [0.1, 0.15) is 0 Å². The Hall–Kier alpha value is -2.09. The van der Waals surface area contributed by atoms with Crippen LogP contribution in [0.2, 0.25) is 0 Å². The van der Waals surface area contributed by atoms with E-state index in [1.54, 1.807) is 12.1 Å². The van der Waals surface area contributed by atoms with Crippen LogP contribution in [0, 0.1) is 0 Å². The molecule has 1 aromatic heterocycles. The zero-order valence-corrected chi connectivity index (χ0v) is 12.2. The standard InChI is InChI=1S/C13H16N6OS/c14-9-2-1-3-10(8-9)15-12(20)6-7-21-13-16-17-18-19(13)11-4-5-11/h1-3,8,11H,4-7,14H2,(H,15,20). The van der Waals surface area contributed by atoms with Crippen molar-refractivity contribution in [2.45, 2.75) is 30.5 Å². The van der Waals surface area contributed by atoms with E-state index in [9.17, 15) is 4.79 Å². The van der Waals surface area contributed by atoms with Crippen molar-refractivity contribution in [2.75, 3.05) is 16.8 Å². The van der Waals surface area contributed by atoms with Crippen molar-refractivity contribution < 1.29 is 4.79 Å². The van der Waals surface area contributed by atoms with Gasteiger partial charge in [0.25, 0.3) is 0 Å². The number of nitrogens with two attached hydrogens (primary N) is 1. The summed E-state index contributed by atoms with van der Waals surface area (Å²) >= 11 is 1.51. The van der Waals surface area contributed by atoms with Crippen molar-refractivity contribution in [1.29, 1.82) is 0 Å². The summed E-state index contributed by atoms with van der Waals surface area (Å²) in [6.07, 6.45) is 2.67. The van der Waals surface area contributed by atoms with E-state index in [0.717, 1.165) is 18.0 Å². The van der Waals surface area contributed by atoms with Gasteiger partial charge in [-0.3, -0.25) is 4.79 Å². The molecule has 1 aliphatic rings. The van der Waals surface area contributed by atoms with Gasteiger partial charge in [0, 0.05) is 23.5 Å². The number of benzene rings is 1. The van der Waals surface area contributed by atoms with Crippen molar-refractivity contribution in [2.24, 2.45) is 0 Å². The Morgan fingerprint density at radius 1 is 1.48 bits per heavy atom. The first-order valence-corrected chi connectivity index (χ1v) is 7.77. The van der Waals surface area contributed by atoms with Crippen molar-refractivity contribution in [3.05, 3.63) is 24.3 Å². The van der Waals surface area contributed by atoms with E-state index in [-0.39, 0.29) is 5.91 Å². The van der Waals surface area contributed by atoms with E-state index < -0.39 is 0 Å². The quantitative estimate of drug-likeness (QED) is 0.622. The van der Waals surface area contributed by atoms with Crippen LogP contribution in [0.3, 0.4) is 0 Å². The van der Waals surface area contributed by atoms with Crippen molar-refractivity contribution in [1.82, 2.24) is 20.2 Å². The lowest BCUT2D eigenvalue weighted by Crippen LogP contribution is -2.12. The summed E-state index contributed by atoms with van der Waals surface area (Å²) in [5.74, 6) is 0.597. The van der Waals surface area contributed by atoms with Gasteiger partial charge in [-0.15, -0.1) is 5.10 Å². The van der Waals surface area contributed by atoms with Gasteiger partial charge in [0.05, 0.1) is 6.04 Å². The van der Waals surface area contributed by atoms with Crippen molar-refractivity contribution >= 4 is 29.0 Å². The summed E-state index contributed by atoms with van der Waals surface area (Å²) in [4.78, 5) is 11.9. The summed E-state index contributed by atoms with van der Waals surface area (Å²) in [5.41, 5.74) is 7.02. The normalized spacial score (nSPS) is 14.1. The molecule has 1 saturated carbocycles. The molecular weight excluding hydrogens is 288 g/mol. The average molecular weight is 304 g/mol. The first-order chi connectivity index (χ1) is 10.2. The van der Waals surface area contributed by atoms with Crippen LogP contribution in [0.5, 0.6) is 0 Å². The molecule has 0 bridgehead atoms. The molecule has 0 atom stereocenters. The van der Waals surface area contributed by atoms with Crippen LogP contribution in [-0.2, 0) is 4.79 Å². The van der Waals surface area contributed by atoms with Gasteiger partial charge in [-0.05, 0) is 41.5 Å². The van der Waals surface area contributed by atoms with Gasteiger partial charge >= 0.3 is 0 Å². The molecule has 1 heterocycles. The van der Waals surface area contributed by atoms with E-state index in [1.807, 2.05) is 16.8 Å². The molecule has 1 fully saturated rings. The molecule has 3 N–H and O–H groups in total. The van der Waals surface area contributed by atoms with Gasteiger partial charge in [-0.25, -0.2) is 4.68 Å². The monoisotopic (exact) mass is 304 g/mol. The maximum absolute atomic E-state index is 11.9. The molecule has 21 heavy (non-hydrogen) atoms. The van der Waals surface area contributed by atoms with Gasteiger partial charge in [-0.1, -0.05) is 17.8 Å². The molecule has 0 saturated heterocycles. The van der Waals surface area contributed by atoms with E-state index in [4.69, 9.17) is 5.73 Å². The van der Waals surface area contributed by atoms with Crippen LogP contribution in [-0.4, -0.2) is 31.9 Å². The molecule has 1 aliphatic carbocycles. The van der Waals surface area contributed by atoms with Gasteiger partial charge in [0.15, 0.2) is 0 Å². The average Bonchev–Trinajstić information content (AvgIpc) is 3.19. The molecule has 0 unspecified atom stereocenters. The topological polar surface area (TPSA) is 98.7 Å². The Labute approximate surface area is 126 Å². The zero-order valence-electron chi connectivity index (χ0n) is 11.4. The first kappa shape index (κ1) is 13.9. The highest BCUT2D eigenvalue weighted by atomic mass is 32.2. The maximum Gasteiger partial charge on any atom is 0.225 e. The minimum Gasteiger partial charge on any atom is -0.399 e. The predicted octanol–water partition coefficient (Wildman–Crippen LogP) is 1.71. The molecule has 110 valence electrons. The number of rotatable bonds is 6. The summed E-state index contributed by atoms with van der Waals surface area (Å²) in [5, 5.41) is 15.3. The molecule has 0 spiro atoms. The zero-order chi connectivity index (χ0) is 14.7. The highest BCUT2D eigenvalue weighted by Crippen LogP contribution is 2.36. The van der Waals surface area contributed by atoms with Crippen LogP contribution in [0.1, 0.15) is 25.3 Å². The molecule has 1 amide bonds. The summed E-state index contributed by atoms with van der Waals surface area (Å²) < 4.78 is 1.85. The third kappa shape index (κ3) is 3.72. The van der Waals surface area contributed by atoms with Crippen molar-refractivity contribution in [3.63, 3.8) is 0 Å². The van der Waals surface area contributed by atoms with Gasteiger partial charge < -0.3 is 11.1 Å². The molecule has 2 aromatic rings. The van der Waals surface area contributed by atoms with Crippen LogP contribution in [0.15, 0.2) is 29.4 Å². The third-order valence-electron chi connectivity index (χ3n) is 3.09. The first-order valence-electron chi connectivity index (χ1n) is 6.78. The van der Waals surface area contributed by atoms with E-state index in [1.165, 1.54) is 11.8 Å². The Kier molecular flexibility index (Phi) is 4.05. The Morgan fingerprint density at radius 2 is 2.33 bits per heavy atom. The predicted molar refractivity (Wildman–Crippen MR) is 80.9 cm³/mol. The molecule has 1 aromatic carbocycles. The number of amides is 1. The smallest absolute Gasteiger partial charge is 0.225 e. The molecule has 8 heteroatoms. The van der Waals surface area contributed by atoms with Crippen LogP contribution in [0.4, 0.5) is 11.4 Å². The van der Waals surface area contributed by atoms with Crippen molar-refractivity contribution in [3.8, 4) is 0 Å². The number of nitrogens with zero attached hydrogens (tertiary/aromatic N) is 4. The highest BCUT2D eigenvalue weighted by molar-refractivity contribution is 7.99. The number of anilines is 2. The second-order valence-corrected chi connectivity index (χ2v) is 5.97. The minimum absolute atomic E-state index is 0.0430. The number of hydrogen-bond donors (Lipinski definition) is 2. The van der Waals surface area contributed by atoms with Crippen LogP contribution < -0.4 is 11.1 Å². The Morgan fingerprint density at radius 3 is 3.10 bits per heavy atom. The molecule has 7 nitrogen and oxygen atoms in total. The second kappa shape index (κ2) is 6.13. The number of carbonyl (C=O) groups is 1. The lowest BCUT2D eigenvalue weighted by molar-refractivity contribution is -0.115. The van der Waals surface area contributed by atoms with Gasteiger partial charge in [-0.2, -0.15) is 0 Å². The fraction of sp³-hybridized carbons (Fsp3) is 0.385. The molecular formula is C13H16N6OS. The fourth-order valence-corrected chi connectivity index (χ4v) is 2.79. The lowest BCUT2D eigenvalue weighted by atomic mass is 10.3. The van der Waals surface area contributed by atoms with E-state index in [0.29, 0.717) is 29.6 Å². The fourth-order valence-electron chi connectivity index (χ4n) is 1.90. The summed E-state index contributed by atoms with van der Waals surface area (Å²) in [6, 6.07) is 7.59. The highest BCUT2D eigenvalue weighted by Gasteiger charge is 2.27. The number of thioether (sulfide) groups is 1. The Bertz CT molecular complexity index is 639. The molecule has 0 radical (unpaired) electrons. The number of hydrogen-bond acceptors (Lipinski definition) is 6. The van der Waals surface area contributed by atoms with Gasteiger partial charge in [0.2, 0.25) is 11.1 Å². The van der Waals surface area contributed by atoms with Crippen LogP contribution in [0.25, 0.3) is 0 Å². The lowest BCUT2D eigenvalue weighted by Gasteiger charge is -2.06. The third-order valence-corrected chi connectivity index (χ3v) is 4.02. The Balaban J connectivity index is 1.46. The number of aromatic nitrogens is 4. The second-order valence-electron chi connectivity index (χ2n) is 4.91. The molecule has 0 aliphatic heterocycles. The van der Waals surface area contributed by atoms with E-state index in [2.05, 4.69) is 20.8 Å². The van der Waals surface area contributed by atoms with E-state index >= 15 is 0 Å². The number of carbonyl (C=O) groups excluding carboxylic acids is 1. The number of nitrogens with one attached hydrogen (secondary N) is 1. The SMILES string of the molecule is Nc1cccc(NC(=O)CCSc2nnnn2C2CC2)c1. The van der Waals surface area contributed by atoms with Crippen LogP contribution >= 0.6 is 11.8 Å². The maximum atomic E-state index is 11.9. The summed E-state index contributed by atoms with van der Waals surface area (Å²) in [6.45, 7) is 0. The largest absolute Gasteiger partial charge is 0.399 e. The number of nitrogen functional groups attached to an aromatic ring is 1.